The predicted molar refractivity (Wildman–Crippen MR) is 72.5 cm³/mol. The van der Waals surface area contributed by atoms with E-state index < -0.39 is 17.5 Å². The maximum atomic E-state index is 11.9. The van der Waals surface area contributed by atoms with Crippen LogP contribution in [0.15, 0.2) is 43.9 Å². The van der Waals surface area contributed by atoms with E-state index in [4.69, 9.17) is 15.2 Å². The first-order valence-electron chi connectivity index (χ1n) is 6.09. The largest absolute Gasteiger partial charge is 0.434 e. The first kappa shape index (κ1) is 14.0. The minimum atomic E-state index is -1.19. The van der Waals surface area contributed by atoms with Crippen molar-refractivity contribution in [2.24, 2.45) is 5.73 Å². The Morgan fingerprint density at radius 2 is 1.95 bits per heavy atom. The summed E-state index contributed by atoms with van der Waals surface area (Å²) in [5.74, 6) is -1.04. The van der Waals surface area contributed by atoms with Gasteiger partial charge in [-0.15, -0.1) is 0 Å². The normalized spacial score (nSPS) is 19.9. The highest BCUT2D eigenvalue weighted by Crippen LogP contribution is 2.36. The monoisotopic (exact) mass is 273 g/mol. The first-order chi connectivity index (χ1) is 9.52. The van der Waals surface area contributed by atoms with Gasteiger partial charge in [0.25, 0.3) is 0 Å². The van der Waals surface area contributed by atoms with Crippen molar-refractivity contribution < 1.29 is 19.1 Å². The number of ether oxygens (including phenoxy) is 2. The van der Waals surface area contributed by atoms with Crippen molar-refractivity contribution >= 4 is 11.9 Å². The van der Waals surface area contributed by atoms with Crippen molar-refractivity contribution in [1.82, 2.24) is 0 Å². The fourth-order valence-electron chi connectivity index (χ4n) is 2.37. The molecule has 5 heteroatoms. The molecule has 1 atom stereocenters. The number of hydrogen-bond acceptors (Lipinski definition) is 5. The van der Waals surface area contributed by atoms with Crippen LogP contribution in [0.4, 0.5) is 0 Å². The van der Waals surface area contributed by atoms with Crippen LogP contribution in [0.3, 0.4) is 0 Å². The summed E-state index contributed by atoms with van der Waals surface area (Å²) < 4.78 is 9.51. The molecule has 5 nitrogen and oxygen atoms in total. The Balaban J connectivity index is 2.35. The van der Waals surface area contributed by atoms with Crippen molar-refractivity contribution in [3.63, 3.8) is 0 Å². The van der Waals surface area contributed by atoms with Gasteiger partial charge in [-0.05, 0) is 36.1 Å². The smallest absolute Gasteiger partial charge is 0.342 e. The highest BCUT2D eigenvalue weighted by atomic mass is 16.5. The van der Waals surface area contributed by atoms with Crippen molar-refractivity contribution in [2.45, 2.75) is 18.4 Å². The van der Waals surface area contributed by atoms with E-state index in [1.54, 1.807) is 18.2 Å². The molecule has 1 aromatic rings. The minimum absolute atomic E-state index is 0.394. The fourth-order valence-corrected chi connectivity index (χ4v) is 2.37. The molecule has 0 bridgehead atoms. The van der Waals surface area contributed by atoms with Crippen LogP contribution in [-0.4, -0.2) is 11.9 Å². The zero-order valence-corrected chi connectivity index (χ0v) is 10.9. The Kier molecular flexibility index (Phi) is 3.72. The maximum absolute atomic E-state index is 11.9. The van der Waals surface area contributed by atoms with E-state index >= 15 is 0 Å². The molecule has 2 rings (SSSR count). The molecule has 0 amide bonds. The Morgan fingerprint density at radius 3 is 2.60 bits per heavy atom. The average Bonchev–Trinajstić information content (AvgIpc) is 2.78. The molecule has 0 aromatic heterocycles. The van der Waals surface area contributed by atoms with E-state index in [-0.39, 0.29) is 0 Å². The molecule has 1 aliphatic rings. The molecule has 2 N–H and O–H groups in total. The SMILES string of the molecule is C=COC(=O)c1ccc2c(c1)CCC2(N)C(=O)OC=C. The predicted octanol–water partition coefficient (Wildman–Crippen LogP) is 1.77. The van der Waals surface area contributed by atoms with E-state index in [9.17, 15) is 9.59 Å². The Hall–Kier alpha value is -2.40. The number of benzene rings is 1. The van der Waals surface area contributed by atoms with Gasteiger partial charge in [0.15, 0.2) is 0 Å². The highest BCUT2D eigenvalue weighted by molar-refractivity contribution is 5.91. The molecule has 0 saturated heterocycles. The molecule has 0 saturated carbocycles. The van der Waals surface area contributed by atoms with Crippen LogP contribution in [0, 0.1) is 0 Å². The minimum Gasteiger partial charge on any atom is -0.434 e. The second kappa shape index (κ2) is 5.30. The van der Waals surface area contributed by atoms with E-state index in [0.29, 0.717) is 24.0 Å². The Labute approximate surface area is 116 Å². The van der Waals surface area contributed by atoms with Gasteiger partial charge in [-0.1, -0.05) is 19.2 Å². The van der Waals surface area contributed by atoms with E-state index in [2.05, 4.69) is 13.2 Å². The molecular weight excluding hydrogens is 258 g/mol. The van der Waals surface area contributed by atoms with Crippen LogP contribution in [0.2, 0.25) is 0 Å². The topological polar surface area (TPSA) is 78.6 Å². The lowest BCUT2D eigenvalue weighted by Gasteiger charge is -2.21. The van der Waals surface area contributed by atoms with Crippen LogP contribution in [0.25, 0.3) is 0 Å². The van der Waals surface area contributed by atoms with Crippen LogP contribution in [0.1, 0.15) is 27.9 Å². The van der Waals surface area contributed by atoms with Gasteiger partial charge in [-0.3, -0.25) is 0 Å². The molecule has 0 fully saturated rings. The van der Waals surface area contributed by atoms with E-state index in [1.165, 1.54) is 0 Å². The summed E-state index contributed by atoms with van der Waals surface area (Å²) in [5, 5.41) is 0. The quantitative estimate of drug-likeness (QED) is 0.668. The number of fused-ring (bicyclic) bond motifs is 1. The van der Waals surface area contributed by atoms with E-state index in [0.717, 1.165) is 18.1 Å². The fraction of sp³-hybridized carbons (Fsp3) is 0.200. The zero-order valence-electron chi connectivity index (χ0n) is 10.9. The first-order valence-corrected chi connectivity index (χ1v) is 6.09. The van der Waals surface area contributed by atoms with Gasteiger partial charge in [0.2, 0.25) is 0 Å². The Morgan fingerprint density at radius 1 is 1.25 bits per heavy atom. The molecule has 20 heavy (non-hydrogen) atoms. The molecule has 1 aliphatic carbocycles. The molecule has 0 aliphatic heterocycles. The van der Waals surface area contributed by atoms with Gasteiger partial charge in [-0.25, -0.2) is 9.59 Å². The summed E-state index contributed by atoms with van der Waals surface area (Å²) >= 11 is 0. The third-order valence-electron chi connectivity index (χ3n) is 3.36. The third-order valence-corrected chi connectivity index (χ3v) is 3.36. The summed E-state index contributed by atoms with van der Waals surface area (Å²) in [6.07, 6.45) is 3.15. The summed E-state index contributed by atoms with van der Waals surface area (Å²) in [5.41, 5.74) is 6.84. The lowest BCUT2D eigenvalue weighted by atomic mass is 9.92. The van der Waals surface area contributed by atoms with Crippen LogP contribution >= 0.6 is 0 Å². The summed E-state index contributed by atoms with van der Waals surface area (Å²) in [4.78, 5) is 23.5. The summed E-state index contributed by atoms with van der Waals surface area (Å²) in [6.45, 7) is 6.68. The summed E-state index contributed by atoms with van der Waals surface area (Å²) in [7, 11) is 0. The second-order valence-corrected chi connectivity index (χ2v) is 4.49. The van der Waals surface area contributed by atoms with Crippen molar-refractivity contribution in [1.29, 1.82) is 0 Å². The number of esters is 2. The number of carbonyl (C=O) groups is 2. The number of aryl methyl sites for hydroxylation is 1. The molecule has 104 valence electrons. The van der Waals surface area contributed by atoms with Crippen molar-refractivity contribution in [3.05, 3.63) is 60.6 Å². The lowest BCUT2D eigenvalue weighted by Crippen LogP contribution is -2.43. The molecule has 0 heterocycles. The second-order valence-electron chi connectivity index (χ2n) is 4.49. The number of nitrogens with two attached hydrogens (primary N) is 1. The van der Waals surface area contributed by atoms with Crippen LogP contribution in [-0.2, 0) is 26.2 Å². The molecule has 1 aromatic carbocycles. The van der Waals surface area contributed by atoms with E-state index in [1.807, 2.05) is 0 Å². The molecule has 1 unspecified atom stereocenters. The molecule has 0 radical (unpaired) electrons. The van der Waals surface area contributed by atoms with Gasteiger partial charge in [0, 0.05) is 0 Å². The standard InChI is InChI=1S/C15H15NO4/c1-3-19-13(17)11-5-6-12-10(9-11)7-8-15(12,16)14(18)20-4-2/h3-6,9H,1-2,7-8,16H2. The van der Waals surface area contributed by atoms with Crippen LogP contribution < -0.4 is 5.73 Å². The Bertz CT molecular complexity index is 594. The van der Waals surface area contributed by atoms with Gasteiger partial charge in [0.1, 0.15) is 5.54 Å². The zero-order chi connectivity index (χ0) is 14.8. The van der Waals surface area contributed by atoms with Gasteiger partial charge in [0.05, 0.1) is 18.1 Å². The van der Waals surface area contributed by atoms with Gasteiger partial charge in [-0.2, -0.15) is 0 Å². The molecule has 0 spiro atoms. The average molecular weight is 273 g/mol. The number of hydrogen-bond donors (Lipinski definition) is 1. The highest BCUT2D eigenvalue weighted by Gasteiger charge is 2.43. The number of carbonyl (C=O) groups excluding carboxylic acids is 2. The number of rotatable bonds is 4. The summed E-state index contributed by atoms with van der Waals surface area (Å²) in [6, 6.07) is 4.90. The third kappa shape index (κ3) is 2.23. The van der Waals surface area contributed by atoms with Crippen LogP contribution in [0.5, 0.6) is 0 Å². The molecular formula is C15H15NO4. The van der Waals surface area contributed by atoms with Gasteiger partial charge >= 0.3 is 11.9 Å². The van der Waals surface area contributed by atoms with Gasteiger partial charge < -0.3 is 15.2 Å². The van der Waals surface area contributed by atoms with Crippen molar-refractivity contribution in [3.8, 4) is 0 Å². The van der Waals surface area contributed by atoms with Crippen molar-refractivity contribution in [2.75, 3.05) is 0 Å². The maximum Gasteiger partial charge on any atom is 0.342 e. The lowest BCUT2D eigenvalue weighted by molar-refractivity contribution is -0.144.